The molecule has 1 aliphatic carbocycles. The van der Waals surface area contributed by atoms with E-state index < -0.39 is 5.97 Å². The van der Waals surface area contributed by atoms with E-state index in [0.717, 1.165) is 41.9 Å². The van der Waals surface area contributed by atoms with Gasteiger partial charge in [0.1, 0.15) is 0 Å². The van der Waals surface area contributed by atoms with Crippen molar-refractivity contribution in [1.82, 2.24) is 9.88 Å². The van der Waals surface area contributed by atoms with Crippen LogP contribution in [0.25, 0.3) is 5.69 Å². The molecule has 160 valence electrons. The highest BCUT2D eigenvalue weighted by Crippen LogP contribution is 2.29. The molecule has 0 bridgehead atoms. The van der Waals surface area contributed by atoms with Crippen LogP contribution in [0.5, 0.6) is 0 Å². The Morgan fingerprint density at radius 3 is 2.58 bits per heavy atom. The summed E-state index contributed by atoms with van der Waals surface area (Å²) in [7, 11) is 0. The Morgan fingerprint density at radius 2 is 1.81 bits per heavy atom. The highest BCUT2D eigenvalue weighted by molar-refractivity contribution is 5.93. The van der Waals surface area contributed by atoms with E-state index >= 15 is 0 Å². The average Bonchev–Trinajstić information content (AvgIpc) is 3.07. The molecule has 0 radical (unpaired) electrons. The first-order chi connectivity index (χ1) is 14.9. The number of nitrogens with one attached hydrogen (secondary N) is 1. The quantitative estimate of drug-likeness (QED) is 0.611. The van der Waals surface area contributed by atoms with Crippen molar-refractivity contribution >= 4 is 11.9 Å². The number of rotatable bonds is 5. The standard InChI is InChI=1S/C26H28N2O3/c1-17-11-13-21(14-12-17)28-18(2)15-23(19(28)3)26(30)31-16-25(29)27-24-10-6-8-20-7-4-5-9-22(20)24/h4-5,7,9,11-15,24H,6,8,10,16H2,1-3H3,(H,27,29)/t24-/m1/s1. The van der Waals surface area contributed by atoms with E-state index in [2.05, 4.69) is 17.4 Å². The maximum Gasteiger partial charge on any atom is 0.340 e. The molecule has 0 fully saturated rings. The van der Waals surface area contributed by atoms with Gasteiger partial charge in [-0.2, -0.15) is 0 Å². The number of esters is 1. The van der Waals surface area contributed by atoms with Crippen molar-refractivity contribution in [2.24, 2.45) is 0 Å². The molecule has 0 unspecified atom stereocenters. The third-order valence-corrected chi connectivity index (χ3v) is 5.98. The number of nitrogens with zero attached hydrogens (tertiary/aromatic N) is 1. The molecule has 1 amide bonds. The van der Waals surface area contributed by atoms with Gasteiger partial charge in [0.05, 0.1) is 11.6 Å². The first-order valence-electron chi connectivity index (χ1n) is 10.7. The molecular formula is C26H28N2O3. The summed E-state index contributed by atoms with van der Waals surface area (Å²) in [6.45, 7) is 5.60. The second-order valence-corrected chi connectivity index (χ2v) is 8.24. The van der Waals surface area contributed by atoms with Gasteiger partial charge in [-0.25, -0.2) is 4.79 Å². The molecule has 4 rings (SSSR count). The van der Waals surface area contributed by atoms with Gasteiger partial charge in [0.2, 0.25) is 0 Å². The maximum absolute atomic E-state index is 12.7. The van der Waals surface area contributed by atoms with E-state index in [1.807, 2.05) is 67.8 Å². The number of benzene rings is 2. The van der Waals surface area contributed by atoms with Crippen molar-refractivity contribution in [1.29, 1.82) is 0 Å². The summed E-state index contributed by atoms with van der Waals surface area (Å²) in [6.07, 6.45) is 2.97. The summed E-state index contributed by atoms with van der Waals surface area (Å²) in [5.74, 6) is -0.756. The topological polar surface area (TPSA) is 60.3 Å². The minimum Gasteiger partial charge on any atom is -0.452 e. The van der Waals surface area contributed by atoms with E-state index in [-0.39, 0.29) is 18.6 Å². The molecule has 0 saturated carbocycles. The molecule has 1 heterocycles. The number of carbonyl (C=O) groups is 2. The van der Waals surface area contributed by atoms with Crippen LogP contribution in [0.15, 0.2) is 54.6 Å². The lowest BCUT2D eigenvalue weighted by Crippen LogP contribution is -2.34. The first kappa shape index (κ1) is 20.9. The van der Waals surface area contributed by atoms with Gasteiger partial charge in [-0.1, -0.05) is 42.0 Å². The lowest BCUT2D eigenvalue weighted by atomic mass is 9.88. The van der Waals surface area contributed by atoms with Crippen molar-refractivity contribution in [2.45, 2.75) is 46.1 Å². The fraction of sp³-hybridized carbons (Fsp3) is 0.308. The number of amides is 1. The van der Waals surface area contributed by atoms with Crippen molar-refractivity contribution in [3.05, 3.63) is 88.2 Å². The molecule has 5 nitrogen and oxygen atoms in total. The van der Waals surface area contributed by atoms with Gasteiger partial charge in [-0.05, 0) is 69.4 Å². The molecule has 31 heavy (non-hydrogen) atoms. The van der Waals surface area contributed by atoms with Crippen LogP contribution >= 0.6 is 0 Å². The Kier molecular flexibility index (Phi) is 5.94. The van der Waals surface area contributed by atoms with Gasteiger partial charge in [0.15, 0.2) is 6.61 Å². The van der Waals surface area contributed by atoms with E-state index in [1.165, 1.54) is 11.1 Å². The fourth-order valence-corrected chi connectivity index (χ4v) is 4.41. The molecule has 0 spiro atoms. The molecular weight excluding hydrogens is 388 g/mol. The monoisotopic (exact) mass is 416 g/mol. The lowest BCUT2D eigenvalue weighted by Gasteiger charge is -2.26. The van der Waals surface area contributed by atoms with Gasteiger partial charge in [-0.15, -0.1) is 0 Å². The van der Waals surface area contributed by atoms with Crippen LogP contribution in [0.4, 0.5) is 0 Å². The number of aryl methyl sites for hydroxylation is 3. The molecule has 1 aromatic heterocycles. The van der Waals surface area contributed by atoms with Crippen LogP contribution in [-0.4, -0.2) is 23.1 Å². The minimum atomic E-state index is -0.481. The lowest BCUT2D eigenvalue weighted by molar-refractivity contribution is -0.125. The summed E-state index contributed by atoms with van der Waals surface area (Å²) in [5, 5.41) is 3.02. The zero-order valence-corrected chi connectivity index (χ0v) is 18.3. The molecule has 0 saturated heterocycles. The summed E-state index contributed by atoms with van der Waals surface area (Å²) < 4.78 is 7.38. The SMILES string of the molecule is Cc1ccc(-n2c(C)cc(C(=O)OCC(=O)N[C@@H]3CCCc4ccccc43)c2C)cc1. The van der Waals surface area contributed by atoms with Gasteiger partial charge in [-0.3, -0.25) is 4.79 Å². The molecule has 2 aromatic carbocycles. The summed E-state index contributed by atoms with van der Waals surface area (Å²) in [5.41, 5.74) is 6.83. The first-order valence-corrected chi connectivity index (χ1v) is 10.7. The molecule has 0 aliphatic heterocycles. The minimum absolute atomic E-state index is 0.0252. The summed E-state index contributed by atoms with van der Waals surface area (Å²) in [6, 6.07) is 18.1. The second kappa shape index (κ2) is 8.80. The predicted octanol–water partition coefficient (Wildman–Crippen LogP) is 4.75. The maximum atomic E-state index is 12.7. The number of ether oxygens (including phenoxy) is 1. The smallest absolute Gasteiger partial charge is 0.340 e. The van der Waals surface area contributed by atoms with Crippen LogP contribution in [0, 0.1) is 20.8 Å². The average molecular weight is 417 g/mol. The molecule has 1 aliphatic rings. The molecule has 1 N–H and O–H groups in total. The largest absolute Gasteiger partial charge is 0.452 e. The number of aromatic nitrogens is 1. The Balaban J connectivity index is 1.41. The zero-order chi connectivity index (χ0) is 22.0. The second-order valence-electron chi connectivity index (χ2n) is 8.24. The highest BCUT2D eigenvalue weighted by atomic mass is 16.5. The van der Waals surface area contributed by atoms with Gasteiger partial charge in [0.25, 0.3) is 5.91 Å². The Morgan fingerprint density at radius 1 is 1.06 bits per heavy atom. The van der Waals surface area contributed by atoms with E-state index in [9.17, 15) is 9.59 Å². The normalized spacial score (nSPS) is 15.3. The number of hydrogen-bond acceptors (Lipinski definition) is 3. The van der Waals surface area contributed by atoms with Gasteiger partial charge < -0.3 is 14.6 Å². The zero-order valence-electron chi connectivity index (χ0n) is 18.3. The van der Waals surface area contributed by atoms with Gasteiger partial charge in [0, 0.05) is 17.1 Å². The summed E-state index contributed by atoms with van der Waals surface area (Å²) in [4.78, 5) is 25.2. The van der Waals surface area contributed by atoms with Crippen LogP contribution in [0.1, 0.15) is 57.3 Å². The number of hydrogen-bond donors (Lipinski definition) is 1. The number of carbonyl (C=O) groups excluding carboxylic acids is 2. The van der Waals surface area contributed by atoms with Crippen molar-refractivity contribution < 1.29 is 14.3 Å². The van der Waals surface area contributed by atoms with Crippen molar-refractivity contribution in [3.8, 4) is 5.69 Å². The Labute approximate surface area is 183 Å². The van der Waals surface area contributed by atoms with E-state index in [4.69, 9.17) is 4.74 Å². The van der Waals surface area contributed by atoms with Crippen LogP contribution in [0.2, 0.25) is 0 Å². The van der Waals surface area contributed by atoms with E-state index in [1.54, 1.807) is 0 Å². The van der Waals surface area contributed by atoms with Crippen LogP contribution in [0.3, 0.4) is 0 Å². The predicted molar refractivity (Wildman–Crippen MR) is 121 cm³/mol. The number of fused-ring (bicyclic) bond motifs is 1. The molecule has 1 atom stereocenters. The third kappa shape index (κ3) is 4.41. The van der Waals surface area contributed by atoms with Crippen LogP contribution in [-0.2, 0) is 16.0 Å². The molecule has 3 aromatic rings. The summed E-state index contributed by atoms with van der Waals surface area (Å²) >= 11 is 0. The Bertz CT molecular complexity index is 1110. The van der Waals surface area contributed by atoms with Gasteiger partial charge >= 0.3 is 5.97 Å². The fourth-order valence-electron chi connectivity index (χ4n) is 4.41. The third-order valence-electron chi connectivity index (χ3n) is 5.98. The van der Waals surface area contributed by atoms with E-state index in [0.29, 0.717) is 5.56 Å². The van der Waals surface area contributed by atoms with Crippen molar-refractivity contribution in [2.75, 3.05) is 6.61 Å². The highest BCUT2D eigenvalue weighted by Gasteiger charge is 2.23. The van der Waals surface area contributed by atoms with Crippen molar-refractivity contribution in [3.63, 3.8) is 0 Å². The molecule has 5 heteroatoms. The van der Waals surface area contributed by atoms with Crippen LogP contribution < -0.4 is 5.32 Å². The Hall–Kier alpha value is -3.34.